The minimum atomic E-state index is -4.57. The van der Waals surface area contributed by atoms with Gasteiger partial charge in [-0.25, -0.2) is 0 Å². The van der Waals surface area contributed by atoms with E-state index in [4.69, 9.17) is 0 Å². The fourth-order valence-corrected chi connectivity index (χ4v) is 2.05. The van der Waals surface area contributed by atoms with Crippen LogP contribution in [0.15, 0.2) is 12.1 Å². The number of nitrogens with one attached hydrogen (secondary N) is 1. The number of hydrogen-bond donors (Lipinski definition) is 1. The summed E-state index contributed by atoms with van der Waals surface area (Å²) >= 11 is 0. The zero-order chi connectivity index (χ0) is 15.8. The fraction of sp³-hybridized carbons (Fsp3) is 0.500. The summed E-state index contributed by atoms with van der Waals surface area (Å²) in [6.07, 6.45) is -4.63. The van der Waals surface area contributed by atoms with Crippen molar-refractivity contribution in [3.8, 4) is 0 Å². The van der Waals surface area contributed by atoms with Gasteiger partial charge in [-0.1, -0.05) is 0 Å². The molecule has 6 nitrogen and oxygen atoms in total. The second-order valence-corrected chi connectivity index (χ2v) is 4.90. The van der Waals surface area contributed by atoms with Crippen molar-refractivity contribution >= 4 is 17.6 Å². The van der Waals surface area contributed by atoms with Crippen molar-refractivity contribution in [3.05, 3.63) is 17.8 Å². The summed E-state index contributed by atoms with van der Waals surface area (Å²) in [4.78, 5) is 24.8. The van der Waals surface area contributed by atoms with Gasteiger partial charge >= 0.3 is 6.18 Å². The molecule has 0 unspecified atom stereocenters. The first-order chi connectivity index (χ1) is 9.70. The number of rotatable bonds is 3. The summed E-state index contributed by atoms with van der Waals surface area (Å²) in [5, 5.41) is 9.05. The van der Waals surface area contributed by atoms with Crippen molar-refractivity contribution in [3.63, 3.8) is 0 Å². The third kappa shape index (κ3) is 3.11. The molecule has 9 heteroatoms. The zero-order valence-corrected chi connectivity index (χ0v) is 11.3. The SMILES string of the molecule is CC(C)N1C(=O)C[C@@H](Nc2ccc(C(F)(F)F)nn2)C1=O. The van der Waals surface area contributed by atoms with E-state index in [-0.39, 0.29) is 24.2 Å². The first kappa shape index (κ1) is 15.2. The number of nitrogens with zero attached hydrogens (tertiary/aromatic N) is 3. The molecular formula is C12H13F3N4O2. The zero-order valence-electron chi connectivity index (χ0n) is 11.3. The van der Waals surface area contributed by atoms with Crippen molar-refractivity contribution < 1.29 is 22.8 Å². The van der Waals surface area contributed by atoms with Gasteiger partial charge in [-0.05, 0) is 26.0 Å². The molecule has 1 saturated heterocycles. The molecule has 2 rings (SSSR count). The largest absolute Gasteiger partial charge is 0.435 e. The van der Waals surface area contributed by atoms with Crippen LogP contribution in [-0.2, 0) is 15.8 Å². The minimum absolute atomic E-state index is 0.0137. The molecule has 1 N–H and O–H groups in total. The van der Waals surface area contributed by atoms with E-state index in [1.54, 1.807) is 13.8 Å². The Morgan fingerprint density at radius 3 is 2.38 bits per heavy atom. The average Bonchev–Trinajstić information content (AvgIpc) is 2.64. The summed E-state index contributed by atoms with van der Waals surface area (Å²) in [5.41, 5.74) is -1.12. The number of halogens is 3. The highest BCUT2D eigenvalue weighted by Gasteiger charge is 2.40. The van der Waals surface area contributed by atoms with Gasteiger partial charge in [-0.3, -0.25) is 14.5 Å². The van der Waals surface area contributed by atoms with E-state index in [1.807, 2.05) is 0 Å². The predicted octanol–water partition coefficient (Wildman–Crippen LogP) is 1.44. The number of alkyl halides is 3. The van der Waals surface area contributed by atoms with Crippen LogP contribution >= 0.6 is 0 Å². The van der Waals surface area contributed by atoms with Gasteiger partial charge in [0.15, 0.2) is 5.69 Å². The standard InChI is InChI=1S/C12H13F3N4O2/c1-6(2)19-10(20)5-7(11(19)21)16-9-4-3-8(17-18-9)12(13,14)15/h3-4,6-7H,5H2,1-2H3,(H,16,18)/t7-/m1/s1. The van der Waals surface area contributed by atoms with Crippen LogP contribution in [0.2, 0.25) is 0 Å². The fourth-order valence-electron chi connectivity index (χ4n) is 2.05. The monoisotopic (exact) mass is 302 g/mol. The first-order valence-corrected chi connectivity index (χ1v) is 6.23. The third-order valence-corrected chi connectivity index (χ3v) is 2.98. The summed E-state index contributed by atoms with van der Waals surface area (Å²) in [6, 6.07) is 0.740. The number of amides is 2. The normalized spacial score (nSPS) is 19.5. The molecule has 1 atom stereocenters. The number of aromatic nitrogens is 2. The maximum absolute atomic E-state index is 12.3. The van der Waals surface area contributed by atoms with Gasteiger partial charge in [0.25, 0.3) is 5.91 Å². The number of imide groups is 1. The second-order valence-electron chi connectivity index (χ2n) is 4.90. The van der Waals surface area contributed by atoms with E-state index < -0.39 is 23.8 Å². The highest BCUT2D eigenvalue weighted by atomic mass is 19.4. The summed E-state index contributed by atoms with van der Waals surface area (Å²) in [6.45, 7) is 3.41. The minimum Gasteiger partial charge on any atom is -0.356 e. The lowest BCUT2D eigenvalue weighted by molar-refractivity contribution is -0.142. The Bertz CT molecular complexity index is 557. The van der Waals surface area contributed by atoms with E-state index >= 15 is 0 Å². The summed E-state index contributed by atoms with van der Waals surface area (Å²) < 4.78 is 37.0. The van der Waals surface area contributed by atoms with Crippen LogP contribution in [0.3, 0.4) is 0 Å². The Balaban J connectivity index is 2.09. The maximum Gasteiger partial charge on any atom is 0.435 e. The number of likely N-dealkylation sites (tertiary alicyclic amines) is 1. The summed E-state index contributed by atoms with van der Waals surface area (Å²) in [5.74, 6) is -0.733. The van der Waals surface area contributed by atoms with Crippen LogP contribution in [0.4, 0.5) is 19.0 Å². The van der Waals surface area contributed by atoms with Gasteiger partial charge in [-0.15, -0.1) is 10.2 Å². The Morgan fingerprint density at radius 2 is 1.95 bits per heavy atom. The Kier molecular flexibility index (Phi) is 3.84. The molecule has 114 valence electrons. The highest BCUT2D eigenvalue weighted by Crippen LogP contribution is 2.27. The lowest BCUT2D eigenvalue weighted by atomic mass is 10.2. The van der Waals surface area contributed by atoms with Crippen molar-refractivity contribution in [1.82, 2.24) is 15.1 Å². The van der Waals surface area contributed by atoms with Crippen LogP contribution in [-0.4, -0.2) is 39.0 Å². The van der Waals surface area contributed by atoms with Crippen molar-refractivity contribution in [2.45, 2.75) is 38.5 Å². The molecule has 2 heterocycles. The van der Waals surface area contributed by atoms with Crippen molar-refractivity contribution in [2.24, 2.45) is 0 Å². The molecule has 0 aromatic carbocycles. The van der Waals surface area contributed by atoms with Gasteiger partial charge in [-0.2, -0.15) is 13.2 Å². The number of hydrogen-bond acceptors (Lipinski definition) is 5. The number of carbonyl (C=O) groups is 2. The van der Waals surface area contributed by atoms with Gasteiger partial charge in [0, 0.05) is 6.04 Å². The molecule has 1 aliphatic heterocycles. The molecule has 2 amide bonds. The molecule has 0 spiro atoms. The maximum atomic E-state index is 12.3. The van der Waals surface area contributed by atoms with Gasteiger partial charge in [0.05, 0.1) is 6.42 Å². The Labute approximate surface area is 118 Å². The van der Waals surface area contributed by atoms with Crippen LogP contribution in [0.25, 0.3) is 0 Å². The smallest absolute Gasteiger partial charge is 0.356 e. The predicted molar refractivity (Wildman–Crippen MR) is 66.1 cm³/mol. The Hall–Kier alpha value is -2.19. The van der Waals surface area contributed by atoms with Crippen LogP contribution in [0, 0.1) is 0 Å². The third-order valence-electron chi connectivity index (χ3n) is 2.98. The van der Waals surface area contributed by atoms with Crippen molar-refractivity contribution in [2.75, 3.05) is 5.32 Å². The van der Waals surface area contributed by atoms with Gasteiger partial charge in [0.2, 0.25) is 5.91 Å². The molecule has 1 aromatic rings. The molecule has 21 heavy (non-hydrogen) atoms. The van der Waals surface area contributed by atoms with Crippen LogP contribution < -0.4 is 5.32 Å². The summed E-state index contributed by atoms with van der Waals surface area (Å²) in [7, 11) is 0. The van der Waals surface area contributed by atoms with Crippen LogP contribution in [0.5, 0.6) is 0 Å². The van der Waals surface area contributed by atoms with Crippen molar-refractivity contribution in [1.29, 1.82) is 0 Å². The molecule has 1 aromatic heterocycles. The first-order valence-electron chi connectivity index (χ1n) is 6.23. The van der Waals surface area contributed by atoms with Crippen LogP contribution in [0.1, 0.15) is 26.0 Å². The quantitative estimate of drug-likeness (QED) is 0.855. The lowest BCUT2D eigenvalue weighted by Crippen LogP contribution is -2.39. The lowest BCUT2D eigenvalue weighted by Gasteiger charge is -2.19. The second kappa shape index (κ2) is 5.30. The highest BCUT2D eigenvalue weighted by molar-refractivity contribution is 6.07. The van der Waals surface area contributed by atoms with Gasteiger partial charge < -0.3 is 5.32 Å². The van der Waals surface area contributed by atoms with E-state index in [9.17, 15) is 22.8 Å². The molecule has 0 aliphatic carbocycles. The molecule has 1 aliphatic rings. The van der Waals surface area contributed by atoms with E-state index in [0.717, 1.165) is 17.0 Å². The number of carbonyl (C=O) groups excluding carboxylic acids is 2. The molecule has 0 radical (unpaired) electrons. The Morgan fingerprint density at radius 1 is 1.29 bits per heavy atom. The molecule has 0 saturated carbocycles. The van der Waals surface area contributed by atoms with E-state index in [1.165, 1.54) is 0 Å². The molecule has 1 fully saturated rings. The molecular weight excluding hydrogens is 289 g/mol. The van der Waals surface area contributed by atoms with E-state index in [0.29, 0.717) is 0 Å². The topological polar surface area (TPSA) is 75.2 Å². The van der Waals surface area contributed by atoms with Gasteiger partial charge in [0.1, 0.15) is 11.9 Å². The van der Waals surface area contributed by atoms with E-state index in [2.05, 4.69) is 15.5 Å². The molecule has 0 bridgehead atoms. The average molecular weight is 302 g/mol. The number of anilines is 1.